The van der Waals surface area contributed by atoms with Gasteiger partial charge in [0.1, 0.15) is 5.58 Å². The lowest BCUT2D eigenvalue weighted by Crippen LogP contribution is -2.54. The Kier molecular flexibility index (Phi) is 3.66. The number of aliphatic hydroxyl groups is 1. The van der Waals surface area contributed by atoms with E-state index in [0.29, 0.717) is 23.2 Å². The van der Waals surface area contributed by atoms with E-state index in [1.807, 2.05) is 13.0 Å². The molecule has 5 rings (SSSR count). The minimum Gasteiger partial charge on any atom is -0.450 e. The first-order chi connectivity index (χ1) is 14.1. The van der Waals surface area contributed by atoms with Crippen molar-refractivity contribution in [2.24, 2.45) is 0 Å². The van der Waals surface area contributed by atoms with Gasteiger partial charge in [0, 0.05) is 18.7 Å². The van der Waals surface area contributed by atoms with Gasteiger partial charge < -0.3 is 19.3 Å². The number of carbonyl (C=O) groups excluding carboxylic acids is 2. The van der Waals surface area contributed by atoms with E-state index in [9.17, 15) is 19.5 Å². The van der Waals surface area contributed by atoms with Gasteiger partial charge >= 0.3 is 0 Å². The van der Waals surface area contributed by atoms with Crippen LogP contribution in [0.15, 0.2) is 57.7 Å². The summed E-state index contributed by atoms with van der Waals surface area (Å²) in [6, 6.07) is 13.8. The molecule has 1 spiro atoms. The van der Waals surface area contributed by atoms with E-state index in [0.717, 1.165) is 0 Å². The number of rotatable bonds is 3. The predicted molar refractivity (Wildman–Crippen MR) is 106 cm³/mol. The van der Waals surface area contributed by atoms with Gasteiger partial charge in [-0.15, -0.1) is 0 Å². The van der Waals surface area contributed by atoms with Crippen LogP contribution in [-0.2, 0) is 10.3 Å². The number of hydrogen-bond donors (Lipinski definition) is 1. The van der Waals surface area contributed by atoms with Crippen molar-refractivity contribution in [1.29, 1.82) is 0 Å². The Morgan fingerprint density at radius 1 is 1.03 bits per heavy atom. The van der Waals surface area contributed by atoms with Gasteiger partial charge in [-0.3, -0.25) is 14.4 Å². The van der Waals surface area contributed by atoms with Crippen LogP contribution in [0.3, 0.4) is 0 Å². The smallest absolute Gasteiger partial charge is 0.291 e. The van der Waals surface area contributed by atoms with Crippen LogP contribution < -0.4 is 10.3 Å². The van der Waals surface area contributed by atoms with Gasteiger partial charge in [-0.1, -0.05) is 30.3 Å². The molecule has 0 saturated heterocycles. The highest BCUT2D eigenvalue weighted by Gasteiger charge is 2.64. The number of fused-ring (bicyclic) bond motifs is 5. The van der Waals surface area contributed by atoms with Crippen LogP contribution in [0.1, 0.15) is 28.6 Å². The van der Waals surface area contributed by atoms with Crippen molar-refractivity contribution in [3.63, 3.8) is 0 Å². The highest BCUT2D eigenvalue weighted by molar-refractivity contribution is 6.17. The summed E-state index contributed by atoms with van der Waals surface area (Å²) >= 11 is 0. The lowest BCUT2D eigenvalue weighted by atomic mass is 9.84. The Labute approximate surface area is 165 Å². The fourth-order valence-corrected chi connectivity index (χ4v) is 4.65. The number of benzene rings is 2. The molecular weight excluding hydrogens is 372 g/mol. The minimum absolute atomic E-state index is 0.0306. The van der Waals surface area contributed by atoms with Crippen LogP contribution in [0.2, 0.25) is 0 Å². The van der Waals surface area contributed by atoms with Gasteiger partial charge in [-0.2, -0.15) is 0 Å². The van der Waals surface area contributed by atoms with Gasteiger partial charge in [0.25, 0.3) is 11.8 Å². The van der Waals surface area contributed by atoms with E-state index in [1.54, 1.807) is 47.4 Å². The number of aliphatic hydroxyl groups excluding tert-OH is 1. The topological polar surface area (TPSA) is 91.1 Å². The van der Waals surface area contributed by atoms with Gasteiger partial charge in [-0.05, 0) is 25.1 Å². The molecule has 2 aliphatic heterocycles. The Bertz CT molecular complexity index is 1250. The average Bonchev–Trinajstić information content (AvgIpc) is 3.13. The molecule has 0 aliphatic carbocycles. The first-order valence-electron chi connectivity index (χ1n) is 9.48. The first kappa shape index (κ1) is 17.6. The van der Waals surface area contributed by atoms with Crippen LogP contribution in [0.5, 0.6) is 0 Å². The molecule has 0 bridgehead atoms. The normalized spacial score (nSPS) is 20.1. The fraction of sp³-hybridized carbons (Fsp3) is 0.227. The van der Waals surface area contributed by atoms with E-state index in [2.05, 4.69) is 0 Å². The van der Waals surface area contributed by atoms with E-state index >= 15 is 0 Å². The van der Waals surface area contributed by atoms with E-state index in [-0.39, 0.29) is 36.0 Å². The summed E-state index contributed by atoms with van der Waals surface area (Å²) in [5.41, 5.74) is -0.519. The Balaban J connectivity index is 1.96. The number of hydrogen-bond acceptors (Lipinski definition) is 5. The van der Waals surface area contributed by atoms with Gasteiger partial charge in [-0.25, -0.2) is 0 Å². The highest BCUT2D eigenvalue weighted by Crippen LogP contribution is 2.52. The largest absolute Gasteiger partial charge is 0.450 e. The third-order valence-corrected chi connectivity index (χ3v) is 5.78. The number of nitrogens with zero attached hydrogens (tertiary/aromatic N) is 2. The quantitative estimate of drug-likeness (QED) is 0.737. The van der Waals surface area contributed by atoms with Crippen molar-refractivity contribution in [3.05, 3.63) is 75.6 Å². The molecule has 1 atom stereocenters. The van der Waals surface area contributed by atoms with Crippen molar-refractivity contribution in [2.45, 2.75) is 12.5 Å². The molecular formula is C22H18N2O5. The molecule has 7 nitrogen and oxygen atoms in total. The third kappa shape index (κ3) is 1.97. The number of anilines is 1. The van der Waals surface area contributed by atoms with E-state index in [1.165, 1.54) is 4.90 Å². The molecule has 3 aromatic rings. The maximum Gasteiger partial charge on any atom is 0.291 e. The van der Waals surface area contributed by atoms with Crippen molar-refractivity contribution in [3.8, 4) is 0 Å². The molecule has 2 aromatic carbocycles. The summed E-state index contributed by atoms with van der Waals surface area (Å²) in [6.07, 6.45) is 0. The zero-order chi connectivity index (χ0) is 20.3. The molecule has 29 heavy (non-hydrogen) atoms. The summed E-state index contributed by atoms with van der Waals surface area (Å²) < 4.78 is 5.85. The van der Waals surface area contributed by atoms with Crippen LogP contribution >= 0.6 is 0 Å². The molecule has 146 valence electrons. The zero-order valence-corrected chi connectivity index (χ0v) is 15.7. The van der Waals surface area contributed by atoms with Crippen LogP contribution in [0, 0.1) is 0 Å². The van der Waals surface area contributed by atoms with Gasteiger partial charge in [0.2, 0.25) is 5.76 Å². The maximum absolute atomic E-state index is 13.8. The Morgan fingerprint density at radius 3 is 2.52 bits per heavy atom. The fourth-order valence-electron chi connectivity index (χ4n) is 4.65. The molecule has 0 radical (unpaired) electrons. The number of amides is 2. The third-order valence-electron chi connectivity index (χ3n) is 5.78. The average molecular weight is 390 g/mol. The molecule has 0 unspecified atom stereocenters. The standard InChI is InChI=1S/C22H18N2O5/c1-2-23-15-9-5-4-8-14(15)22(21(23)28)17-18(26)13-7-3-6-10-16(13)29-19(17)20(27)24(22)11-12-25/h3-10,25H,2,11-12H2,1H3/t22-/m1/s1. The highest BCUT2D eigenvalue weighted by atomic mass is 16.3. The minimum atomic E-state index is -1.63. The molecule has 2 amide bonds. The number of β-amino-alcohol motifs (C(OH)–C–C–N with tert-alkyl or cyclic N) is 1. The summed E-state index contributed by atoms with van der Waals surface area (Å²) in [5.74, 6) is -1.09. The lowest BCUT2D eigenvalue weighted by molar-refractivity contribution is -0.126. The molecule has 3 heterocycles. The summed E-state index contributed by atoms with van der Waals surface area (Å²) in [7, 11) is 0. The predicted octanol–water partition coefficient (Wildman–Crippen LogP) is 1.85. The van der Waals surface area contributed by atoms with Crippen molar-refractivity contribution in [2.75, 3.05) is 24.6 Å². The second-order valence-corrected chi connectivity index (χ2v) is 7.09. The maximum atomic E-state index is 13.8. The molecule has 0 saturated carbocycles. The summed E-state index contributed by atoms with van der Waals surface area (Å²) in [4.78, 5) is 43.5. The SMILES string of the molecule is CCN1C(=O)[C@@]2(c3ccccc31)c1c(oc3ccccc3c1=O)C(=O)N2CCO. The van der Waals surface area contributed by atoms with Crippen LogP contribution in [-0.4, -0.2) is 41.5 Å². The first-order valence-corrected chi connectivity index (χ1v) is 9.48. The molecule has 1 N–H and O–H groups in total. The summed E-state index contributed by atoms with van der Waals surface area (Å²) in [5, 5.41) is 9.97. The zero-order valence-electron chi connectivity index (χ0n) is 15.7. The van der Waals surface area contributed by atoms with Crippen molar-refractivity contribution in [1.82, 2.24) is 4.90 Å². The van der Waals surface area contributed by atoms with Crippen molar-refractivity contribution >= 4 is 28.5 Å². The number of likely N-dealkylation sites (N-methyl/N-ethyl adjacent to an activating group) is 1. The molecule has 1 aromatic heterocycles. The second kappa shape index (κ2) is 6.02. The molecule has 0 fully saturated rings. The lowest BCUT2D eigenvalue weighted by Gasteiger charge is -2.33. The molecule has 2 aliphatic rings. The Hall–Kier alpha value is -3.45. The molecule has 7 heteroatoms. The number of carbonyl (C=O) groups is 2. The van der Waals surface area contributed by atoms with Gasteiger partial charge in [0.05, 0.1) is 23.2 Å². The van der Waals surface area contributed by atoms with Crippen LogP contribution in [0.4, 0.5) is 5.69 Å². The van der Waals surface area contributed by atoms with E-state index < -0.39 is 16.9 Å². The van der Waals surface area contributed by atoms with Crippen LogP contribution in [0.25, 0.3) is 11.0 Å². The monoisotopic (exact) mass is 390 g/mol. The van der Waals surface area contributed by atoms with Crippen molar-refractivity contribution < 1.29 is 19.1 Å². The number of para-hydroxylation sites is 2. The van der Waals surface area contributed by atoms with E-state index in [4.69, 9.17) is 4.42 Å². The Morgan fingerprint density at radius 2 is 1.76 bits per heavy atom. The second-order valence-electron chi connectivity index (χ2n) is 7.09. The van der Waals surface area contributed by atoms with Gasteiger partial charge in [0.15, 0.2) is 11.0 Å². The summed E-state index contributed by atoms with van der Waals surface area (Å²) in [6.45, 7) is 1.77.